The largest absolute Gasteiger partial charge is 0.494 e. The minimum atomic E-state index is -0.521. The van der Waals surface area contributed by atoms with Crippen molar-refractivity contribution in [1.82, 2.24) is 4.90 Å². The third kappa shape index (κ3) is 6.54. The fourth-order valence-electron chi connectivity index (χ4n) is 2.26. The predicted octanol–water partition coefficient (Wildman–Crippen LogP) is 3.32. The molecule has 0 bridgehead atoms. The first kappa shape index (κ1) is 20.7. The third-order valence-electron chi connectivity index (χ3n) is 3.64. The molecule has 1 N–H and O–H groups in total. The number of amides is 1. The van der Waals surface area contributed by atoms with E-state index in [0.717, 1.165) is 10.2 Å². The van der Waals surface area contributed by atoms with Gasteiger partial charge in [0.25, 0.3) is 5.69 Å². The molecule has 0 aliphatic carbocycles. The molecule has 1 amide bonds. The van der Waals surface area contributed by atoms with Crippen molar-refractivity contribution >= 4 is 33.2 Å². The second kappa shape index (κ2) is 9.89. The molecule has 0 saturated heterocycles. The highest BCUT2D eigenvalue weighted by molar-refractivity contribution is 9.10. The van der Waals surface area contributed by atoms with Gasteiger partial charge < -0.3 is 14.8 Å². The number of nitro groups is 1. The van der Waals surface area contributed by atoms with Crippen LogP contribution in [0.15, 0.2) is 46.9 Å². The number of halogens is 1. The SMILES string of the molecule is COc1cc([N+](=O)[O-])ccc1NC(=O)CN(C)CCOc1ccc(Br)cc1. The highest BCUT2D eigenvalue weighted by atomic mass is 79.9. The number of nitro benzene ring substituents is 1. The van der Waals surface area contributed by atoms with Gasteiger partial charge in [0.05, 0.1) is 30.3 Å². The number of carbonyl (C=O) groups excluding carboxylic acids is 1. The van der Waals surface area contributed by atoms with E-state index in [0.29, 0.717) is 18.8 Å². The van der Waals surface area contributed by atoms with Gasteiger partial charge in [0.2, 0.25) is 5.91 Å². The number of benzene rings is 2. The lowest BCUT2D eigenvalue weighted by atomic mass is 10.2. The van der Waals surface area contributed by atoms with Crippen molar-refractivity contribution in [2.75, 3.05) is 39.2 Å². The van der Waals surface area contributed by atoms with Gasteiger partial charge in [0.1, 0.15) is 18.1 Å². The van der Waals surface area contributed by atoms with Crippen LogP contribution in [0, 0.1) is 10.1 Å². The zero-order valence-electron chi connectivity index (χ0n) is 15.0. The van der Waals surface area contributed by atoms with Gasteiger partial charge >= 0.3 is 0 Å². The lowest BCUT2D eigenvalue weighted by Crippen LogP contribution is -2.33. The Morgan fingerprint density at radius 3 is 2.59 bits per heavy atom. The molecule has 0 spiro atoms. The van der Waals surface area contributed by atoms with Crippen molar-refractivity contribution in [3.63, 3.8) is 0 Å². The lowest BCUT2D eigenvalue weighted by molar-refractivity contribution is -0.384. The number of hydrogen-bond acceptors (Lipinski definition) is 6. The fraction of sp³-hybridized carbons (Fsp3) is 0.278. The smallest absolute Gasteiger partial charge is 0.273 e. The first-order chi connectivity index (χ1) is 12.9. The average Bonchev–Trinajstić information content (AvgIpc) is 2.63. The van der Waals surface area contributed by atoms with Crippen LogP contribution >= 0.6 is 15.9 Å². The molecule has 0 heterocycles. The summed E-state index contributed by atoms with van der Waals surface area (Å²) >= 11 is 3.36. The first-order valence-corrected chi connectivity index (χ1v) is 8.87. The normalized spacial score (nSPS) is 10.5. The van der Waals surface area contributed by atoms with E-state index in [2.05, 4.69) is 21.2 Å². The zero-order valence-corrected chi connectivity index (χ0v) is 16.6. The molecule has 0 atom stereocenters. The molecule has 2 rings (SSSR count). The fourth-order valence-corrected chi connectivity index (χ4v) is 2.53. The Labute approximate surface area is 165 Å². The Kier molecular flexibility index (Phi) is 7.56. The number of likely N-dealkylation sites (N-methyl/N-ethyl adjacent to an activating group) is 1. The number of anilines is 1. The molecule has 144 valence electrons. The maximum atomic E-state index is 12.2. The van der Waals surface area contributed by atoms with E-state index in [1.165, 1.54) is 25.3 Å². The van der Waals surface area contributed by atoms with Gasteiger partial charge in [-0.2, -0.15) is 0 Å². The summed E-state index contributed by atoms with van der Waals surface area (Å²) < 4.78 is 11.7. The highest BCUT2D eigenvalue weighted by Crippen LogP contribution is 2.28. The molecular weight excluding hydrogens is 418 g/mol. The van der Waals surface area contributed by atoms with Crippen LogP contribution in [0.4, 0.5) is 11.4 Å². The van der Waals surface area contributed by atoms with Gasteiger partial charge in [-0.3, -0.25) is 19.8 Å². The standard InChI is InChI=1S/C18H20BrN3O5/c1-21(9-10-27-15-6-3-13(19)4-7-15)12-18(23)20-16-8-5-14(22(24)25)11-17(16)26-2/h3-8,11H,9-10,12H2,1-2H3,(H,20,23). The van der Waals surface area contributed by atoms with Crippen LogP contribution < -0.4 is 14.8 Å². The van der Waals surface area contributed by atoms with E-state index >= 15 is 0 Å². The quantitative estimate of drug-likeness (QED) is 0.477. The summed E-state index contributed by atoms with van der Waals surface area (Å²) in [5, 5.41) is 13.5. The number of nitrogens with zero attached hydrogens (tertiary/aromatic N) is 2. The molecule has 27 heavy (non-hydrogen) atoms. The molecule has 8 nitrogen and oxygen atoms in total. The minimum Gasteiger partial charge on any atom is -0.494 e. The van der Waals surface area contributed by atoms with Gasteiger partial charge in [-0.05, 0) is 37.4 Å². The summed E-state index contributed by atoms with van der Waals surface area (Å²) in [5.41, 5.74) is 0.277. The molecule has 0 radical (unpaired) electrons. The molecule has 2 aromatic rings. The van der Waals surface area contributed by atoms with Gasteiger partial charge in [0, 0.05) is 17.1 Å². The summed E-state index contributed by atoms with van der Waals surface area (Å²) in [6.07, 6.45) is 0. The molecular formula is C18H20BrN3O5. The third-order valence-corrected chi connectivity index (χ3v) is 4.17. The second-order valence-corrected chi connectivity index (χ2v) is 6.65. The maximum Gasteiger partial charge on any atom is 0.273 e. The number of ether oxygens (including phenoxy) is 2. The van der Waals surface area contributed by atoms with Crippen molar-refractivity contribution in [2.45, 2.75) is 0 Å². The number of methoxy groups -OCH3 is 1. The molecule has 9 heteroatoms. The van der Waals surface area contributed by atoms with Gasteiger partial charge in [0.15, 0.2) is 0 Å². The summed E-state index contributed by atoms with van der Waals surface area (Å²) in [4.78, 5) is 24.3. The topological polar surface area (TPSA) is 93.9 Å². The van der Waals surface area contributed by atoms with E-state index in [4.69, 9.17) is 9.47 Å². The molecule has 0 unspecified atom stereocenters. The second-order valence-electron chi connectivity index (χ2n) is 5.73. The van der Waals surface area contributed by atoms with Crippen LogP contribution in [-0.4, -0.2) is 49.6 Å². The van der Waals surface area contributed by atoms with Crippen molar-refractivity contribution in [3.8, 4) is 11.5 Å². The summed E-state index contributed by atoms with van der Waals surface area (Å²) in [6, 6.07) is 11.5. The Morgan fingerprint density at radius 1 is 1.26 bits per heavy atom. The lowest BCUT2D eigenvalue weighted by Gasteiger charge is -2.17. The van der Waals surface area contributed by atoms with Crippen molar-refractivity contribution in [3.05, 3.63) is 57.1 Å². The van der Waals surface area contributed by atoms with Crippen molar-refractivity contribution in [2.24, 2.45) is 0 Å². The van der Waals surface area contributed by atoms with Crippen LogP contribution in [0.1, 0.15) is 0 Å². The molecule has 0 aliphatic heterocycles. The van der Waals surface area contributed by atoms with E-state index in [1.807, 2.05) is 29.2 Å². The van der Waals surface area contributed by atoms with Crippen LogP contribution in [0.5, 0.6) is 11.5 Å². The number of carbonyl (C=O) groups is 1. The Hall–Kier alpha value is -2.65. The van der Waals surface area contributed by atoms with Gasteiger partial charge in [-0.25, -0.2) is 0 Å². The number of rotatable bonds is 9. The minimum absolute atomic E-state index is 0.105. The Bertz CT molecular complexity index is 798. The Morgan fingerprint density at radius 2 is 1.96 bits per heavy atom. The first-order valence-electron chi connectivity index (χ1n) is 8.08. The van der Waals surface area contributed by atoms with E-state index in [9.17, 15) is 14.9 Å². The average molecular weight is 438 g/mol. The van der Waals surface area contributed by atoms with Crippen molar-refractivity contribution < 1.29 is 19.2 Å². The molecule has 0 aromatic heterocycles. The van der Waals surface area contributed by atoms with Crippen LogP contribution in [0.25, 0.3) is 0 Å². The van der Waals surface area contributed by atoms with Crippen molar-refractivity contribution in [1.29, 1.82) is 0 Å². The van der Waals surface area contributed by atoms with E-state index in [1.54, 1.807) is 7.05 Å². The predicted molar refractivity (Wildman–Crippen MR) is 105 cm³/mol. The molecule has 0 fully saturated rings. The number of hydrogen-bond donors (Lipinski definition) is 1. The number of non-ortho nitro benzene ring substituents is 1. The van der Waals surface area contributed by atoms with Crippen LogP contribution in [-0.2, 0) is 4.79 Å². The zero-order chi connectivity index (χ0) is 19.8. The summed E-state index contributed by atoms with van der Waals surface area (Å²) in [5.74, 6) is 0.735. The van der Waals surface area contributed by atoms with Gasteiger partial charge in [-0.15, -0.1) is 0 Å². The maximum absolute atomic E-state index is 12.2. The summed E-state index contributed by atoms with van der Waals surface area (Å²) in [7, 11) is 3.19. The highest BCUT2D eigenvalue weighted by Gasteiger charge is 2.14. The Balaban J connectivity index is 1.82. The van der Waals surface area contributed by atoms with Crippen LogP contribution in [0.2, 0.25) is 0 Å². The molecule has 0 saturated carbocycles. The molecule has 0 aliphatic rings. The van der Waals surface area contributed by atoms with E-state index in [-0.39, 0.29) is 23.9 Å². The van der Waals surface area contributed by atoms with Crippen LogP contribution in [0.3, 0.4) is 0 Å². The van der Waals surface area contributed by atoms with Gasteiger partial charge in [-0.1, -0.05) is 15.9 Å². The molecule has 2 aromatic carbocycles. The monoisotopic (exact) mass is 437 g/mol. The number of nitrogens with one attached hydrogen (secondary N) is 1. The van der Waals surface area contributed by atoms with E-state index < -0.39 is 4.92 Å². The summed E-state index contributed by atoms with van der Waals surface area (Å²) in [6.45, 7) is 1.14.